The third kappa shape index (κ3) is 3.76. The molecule has 0 bridgehead atoms. The summed E-state index contributed by atoms with van der Waals surface area (Å²) < 4.78 is 5.03. The number of likely N-dealkylation sites (N-methyl/N-ethyl adjacent to an activating group) is 1. The Bertz CT molecular complexity index is 797. The van der Waals surface area contributed by atoms with Crippen molar-refractivity contribution in [3.63, 3.8) is 0 Å². The molecule has 1 saturated heterocycles. The molecule has 9 heteroatoms. The fourth-order valence-electron chi connectivity index (χ4n) is 3.54. The van der Waals surface area contributed by atoms with E-state index < -0.39 is 4.92 Å². The molecule has 0 radical (unpaired) electrons. The van der Waals surface area contributed by atoms with Crippen LogP contribution >= 0.6 is 0 Å². The number of non-ortho nitro benzene ring substituents is 1. The largest absolute Gasteiger partial charge is 0.383 e. The second-order valence-electron chi connectivity index (χ2n) is 6.70. The Hall–Kier alpha value is -2.78. The van der Waals surface area contributed by atoms with Gasteiger partial charge in [0.2, 0.25) is 0 Å². The molecule has 0 atom stereocenters. The van der Waals surface area contributed by atoms with Crippen LogP contribution in [-0.4, -0.2) is 84.4 Å². The number of rotatable bonds is 7. The van der Waals surface area contributed by atoms with Crippen molar-refractivity contribution in [2.45, 2.75) is 6.92 Å². The van der Waals surface area contributed by atoms with Gasteiger partial charge < -0.3 is 14.5 Å². The summed E-state index contributed by atoms with van der Waals surface area (Å²) in [5.41, 5.74) is 1.14. The number of benzene rings is 1. The standard InChI is InChI=1S/C19H24N4O5/c1-3-20-8-10-21(11-9-20)17-16(14-4-6-15(7-5-14)23(26)27)18(24)22(19(17)25)12-13-28-2/h4-7H,3,8-13H2,1-2H3. The molecule has 150 valence electrons. The summed E-state index contributed by atoms with van der Waals surface area (Å²) in [5.74, 6) is -0.718. The van der Waals surface area contributed by atoms with Crippen LogP contribution in [0.4, 0.5) is 5.69 Å². The first-order chi connectivity index (χ1) is 13.5. The van der Waals surface area contributed by atoms with Gasteiger partial charge in [-0.25, -0.2) is 0 Å². The predicted molar refractivity (Wildman–Crippen MR) is 102 cm³/mol. The zero-order valence-corrected chi connectivity index (χ0v) is 16.1. The number of amides is 2. The predicted octanol–water partition coefficient (Wildman–Crippen LogP) is 0.959. The van der Waals surface area contributed by atoms with Crippen molar-refractivity contribution in [3.05, 3.63) is 45.6 Å². The number of hydrogen-bond donors (Lipinski definition) is 0. The van der Waals surface area contributed by atoms with E-state index in [9.17, 15) is 19.7 Å². The molecule has 3 rings (SSSR count). The van der Waals surface area contributed by atoms with Gasteiger partial charge >= 0.3 is 0 Å². The van der Waals surface area contributed by atoms with E-state index in [0.29, 0.717) is 29.9 Å². The van der Waals surface area contributed by atoms with Crippen LogP contribution in [0, 0.1) is 10.1 Å². The molecular formula is C19H24N4O5. The van der Waals surface area contributed by atoms with Gasteiger partial charge in [-0.3, -0.25) is 24.6 Å². The van der Waals surface area contributed by atoms with Crippen molar-refractivity contribution < 1.29 is 19.2 Å². The summed E-state index contributed by atoms with van der Waals surface area (Å²) in [5, 5.41) is 10.9. The molecule has 2 aliphatic rings. The van der Waals surface area contributed by atoms with Crippen LogP contribution in [0.2, 0.25) is 0 Å². The Morgan fingerprint density at radius 1 is 1.07 bits per heavy atom. The molecule has 0 saturated carbocycles. The summed E-state index contributed by atoms with van der Waals surface area (Å²) in [4.78, 5) is 42.0. The van der Waals surface area contributed by atoms with Crippen molar-refractivity contribution in [2.75, 3.05) is 53.0 Å². The number of imide groups is 1. The highest BCUT2D eigenvalue weighted by Gasteiger charge is 2.41. The SMILES string of the molecule is CCN1CCN(C2=C(c3ccc([N+](=O)[O-])cc3)C(=O)N(CCOC)C2=O)CC1. The Labute approximate surface area is 163 Å². The first-order valence-electron chi connectivity index (χ1n) is 9.29. The number of nitro groups is 1. The maximum Gasteiger partial charge on any atom is 0.277 e. The molecule has 1 aromatic rings. The topological polar surface area (TPSA) is 96.2 Å². The molecule has 2 amide bonds. The molecule has 1 aromatic carbocycles. The van der Waals surface area contributed by atoms with Gasteiger partial charge in [-0.05, 0) is 24.2 Å². The van der Waals surface area contributed by atoms with Gasteiger partial charge in [-0.1, -0.05) is 6.92 Å². The minimum Gasteiger partial charge on any atom is -0.383 e. The fraction of sp³-hybridized carbons (Fsp3) is 0.474. The smallest absolute Gasteiger partial charge is 0.277 e. The van der Waals surface area contributed by atoms with E-state index in [2.05, 4.69) is 11.8 Å². The Kier molecular flexibility index (Phi) is 6.05. The van der Waals surface area contributed by atoms with E-state index >= 15 is 0 Å². The van der Waals surface area contributed by atoms with Crippen molar-refractivity contribution in [1.29, 1.82) is 0 Å². The average molecular weight is 388 g/mol. The lowest BCUT2D eigenvalue weighted by atomic mass is 10.0. The zero-order valence-electron chi connectivity index (χ0n) is 16.1. The van der Waals surface area contributed by atoms with Gasteiger partial charge in [0.1, 0.15) is 5.70 Å². The van der Waals surface area contributed by atoms with Crippen LogP contribution in [-0.2, 0) is 14.3 Å². The first kappa shape index (κ1) is 20.0. The van der Waals surface area contributed by atoms with E-state index in [1.807, 2.05) is 4.90 Å². The third-order valence-corrected chi connectivity index (χ3v) is 5.17. The van der Waals surface area contributed by atoms with Crippen molar-refractivity contribution in [2.24, 2.45) is 0 Å². The maximum absolute atomic E-state index is 13.1. The Morgan fingerprint density at radius 2 is 1.71 bits per heavy atom. The molecule has 2 heterocycles. The minimum atomic E-state index is -0.491. The van der Waals surface area contributed by atoms with Crippen molar-refractivity contribution >= 4 is 23.1 Å². The molecule has 9 nitrogen and oxygen atoms in total. The van der Waals surface area contributed by atoms with Crippen LogP contribution in [0.3, 0.4) is 0 Å². The number of nitro benzene ring substituents is 1. The third-order valence-electron chi connectivity index (χ3n) is 5.17. The quantitative estimate of drug-likeness (QED) is 0.390. The minimum absolute atomic E-state index is 0.0597. The highest BCUT2D eigenvalue weighted by molar-refractivity contribution is 6.35. The van der Waals surface area contributed by atoms with Crippen LogP contribution in [0.1, 0.15) is 12.5 Å². The maximum atomic E-state index is 13.1. The second kappa shape index (κ2) is 8.49. The van der Waals surface area contributed by atoms with E-state index in [-0.39, 0.29) is 30.7 Å². The van der Waals surface area contributed by atoms with Gasteiger partial charge in [-0.15, -0.1) is 0 Å². The molecule has 0 aliphatic carbocycles. The number of nitrogens with zero attached hydrogens (tertiary/aromatic N) is 4. The molecule has 0 spiro atoms. The summed E-state index contributed by atoms with van der Waals surface area (Å²) >= 11 is 0. The second-order valence-corrected chi connectivity index (χ2v) is 6.70. The lowest BCUT2D eigenvalue weighted by molar-refractivity contribution is -0.384. The number of carbonyl (C=O) groups is 2. The Morgan fingerprint density at radius 3 is 2.25 bits per heavy atom. The van der Waals surface area contributed by atoms with Gasteiger partial charge in [0.15, 0.2) is 0 Å². The number of ether oxygens (including phenoxy) is 1. The number of piperazine rings is 1. The number of hydrogen-bond acceptors (Lipinski definition) is 7. The van der Waals surface area contributed by atoms with E-state index in [0.717, 1.165) is 19.6 Å². The van der Waals surface area contributed by atoms with Crippen LogP contribution < -0.4 is 0 Å². The Balaban J connectivity index is 1.98. The molecular weight excluding hydrogens is 364 g/mol. The van der Waals surface area contributed by atoms with Crippen LogP contribution in [0.15, 0.2) is 30.0 Å². The monoisotopic (exact) mass is 388 g/mol. The molecule has 0 aromatic heterocycles. The van der Waals surface area contributed by atoms with Gasteiger partial charge in [0.25, 0.3) is 17.5 Å². The number of methoxy groups -OCH3 is 1. The molecule has 0 unspecified atom stereocenters. The van der Waals surface area contributed by atoms with Gasteiger partial charge in [0.05, 0.1) is 23.6 Å². The summed E-state index contributed by atoms with van der Waals surface area (Å²) in [6.45, 7) is 6.38. The van der Waals surface area contributed by atoms with Gasteiger partial charge in [-0.2, -0.15) is 0 Å². The van der Waals surface area contributed by atoms with Crippen LogP contribution in [0.25, 0.3) is 5.57 Å². The molecule has 28 heavy (non-hydrogen) atoms. The fourth-order valence-corrected chi connectivity index (χ4v) is 3.54. The van der Waals surface area contributed by atoms with Crippen molar-refractivity contribution in [3.8, 4) is 0 Å². The van der Waals surface area contributed by atoms with E-state index in [4.69, 9.17) is 4.74 Å². The summed E-state index contributed by atoms with van der Waals surface area (Å²) in [6.07, 6.45) is 0. The lowest BCUT2D eigenvalue weighted by Gasteiger charge is -2.36. The first-order valence-corrected chi connectivity index (χ1v) is 9.29. The van der Waals surface area contributed by atoms with Gasteiger partial charge in [0, 0.05) is 45.4 Å². The summed E-state index contributed by atoms with van der Waals surface area (Å²) in [6, 6.07) is 5.76. The van der Waals surface area contributed by atoms with E-state index in [1.165, 1.54) is 36.3 Å². The van der Waals surface area contributed by atoms with Crippen LogP contribution in [0.5, 0.6) is 0 Å². The van der Waals surface area contributed by atoms with Crippen molar-refractivity contribution in [1.82, 2.24) is 14.7 Å². The number of carbonyl (C=O) groups excluding carboxylic acids is 2. The highest BCUT2D eigenvalue weighted by Crippen LogP contribution is 2.32. The van der Waals surface area contributed by atoms with E-state index in [1.54, 1.807) is 0 Å². The zero-order chi connectivity index (χ0) is 20.3. The normalized spacial score (nSPS) is 18.4. The molecule has 0 N–H and O–H groups in total. The summed E-state index contributed by atoms with van der Waals surface area (Å²) in [7, 11) is 1.51. The molecule has 1 fully saturated rings. The average Bonchev–Trinajstić information content (AvgIpc) is 2.96. The highest BCUT2D eigenvalue weighted by atomic mass is 16.6. The lowest BCUT2D eigenvalue weighted by Crippen LogP contribution is -2.47. The molecule has 2 aliphatic heterocycles.